The molecule has 0 atom stereocenters. The number of nitrogens with zero attached hydrogens (tertiary/aromatic N) is 8. The number of amides is 2. The van der Waals surface area contributed by atoms with Crippen LogP contribution in [0.25, 0.3) is 22.5 Å². The Morgan fingerprint density at radius 1 is 0.635 bits per heavy atom. The van der Waals surface area contributed by atoms with Crippen molar-refractivity contribution in [2.75, 3.05) is 26.2 Å². The second-order valence-corrected chi connectivity index (χ2v) is 15.2. The van der Waals surface area contributed by atoms with Crippen LogP contribution in [-0.2, 0) is 11.8 Å². The molecule has 0 aliphatic carbocycles. The van der Waals surface area contributed by atoms with Gasteiger partial charge in [-0.05, 0) is 104 Å². The van der Waals surface area contributed by atoms with Gasteiger partial charge in [-0.15, -0.1) is 0 Å². The molecule has 0 spiro atoms. The predicted molar refractivity (Wildman–Crippen MR) is 245 cm³/mol. The second kappa shape index (κ2) is 24.1. The minimum Gasteiger partial charge on any atom is -0.338 e. The zero-order chi connectivity index (χ0) is 43.0. The van der Waals surface area contributed by atoms with Crippen LogP contribution in [0, 0.1) is 45.6 Å². The molecule has 2 aromatic carbocycles. The van der Waals surface area contributed by atoms with Gasteiger partial charge in [0.2, 0.25) is 0 Å². The van der Waals surface area contributed by atoms with E-state index in [4.69, 9.17) is 5.26 Å². The molecule has 0 saturated carbocycles. The minimum atomic E-state index is -0.665. The van der Waals surface area contributed by atoms with Crippen molar-refractivity contribution in [3.8, 4) is 34.7 Å². The normalized spacial score (nSPS) is 14.0. The van der Waals surface area contributed by atoms with Gasteiger partial charge in [0.25, 0.3) is 11.8 Å². The van der Waals surface area contributed by atoms with E-state index in [1.807, 2.05) is 41.3 Å². The first kappa shape index (κ1) is 49.0. The Bertz CT molecular complexity index is 2480. The Morgan fingerprint density at radius 2 is 1.08 bits per heavy atom. The van der Waals surface area contributed by atoms with Crippen LogP contribution in [0.2, 0.25) is 0 Å². The van der Waals surface area contributed by atoms with Crippen molar-refractivity contribution < 1.29 is 18.4 Å². The summed E-state index contributed by atoms with van der Waals surface area (Å²) in [4.78, 5) is 46.4. The van der Waals surface area contributed by atoms with Crippen LogP contribution in [0.3, 0.4) is 0 Å². The van der Waals surface area contributed by atoms with Crippen molar-refractivity contribution in [3.63, 3.8) is 0 Å². The van der Waals surface area contributed by atoms with E-state index >= 15 is 0 Å². The van der Waals surface area contributed by atoms with E-state index < -0.39 is 5.41 Å². The van der Waals surface area contributed by atoms with Gasteiger partial charge in [0.05, 0.1) is 40.1 Å². The number of halogens is 3. The number of rotatable bonds is 7. The lowest BCUT2D eigenvalue weighted by Gasteiger charge is -2.37. The van der Waals surface area contributed by atoms with Gasteiger partial charge in [0.1, 0.15) is 11.6 Å². The number of alkyl halides is 1. The number of aromatic nitrogens is 4. The molecule has 6 heterocycles. The highest BCUT2D eigenvalue weighted by molar-refractivity contribution is 9.08. The zero-order valence-corrected chi connectivity index (χ0v) is 35.0. The van der Waals surface area contributed by atoms with Crippen LogP contribution >= 0.6 is 15.9 Å². The number of benzene rings is 2. The fourth-order valence-corrected chi connectivity index (χ4v) is 7.72. The molecule has 2 fully saturated rings. The zero-order valence-electron chi connectivity index (χ0n) is 33.4. The molecular weight excluding hydrogens is 863 g/mol. The molecule has 0 unspecified atom stereocenters. The fourth-order valence-electron chi connectivity index (χ4n) is 7.27. The molecule has 2 saturated heterocycles. The molecule has 2 aliphatic rings. The fraction of sp³-hybridized carbons (Fsp3) is 0.280. The molecule has 13 heteroatoms. The molecule has 8 rings (SSSR count). The van der Waals surface area contributed by atoms with Crippen LogP contribution in [0.15, 0.2) is 134 Å². The van der Waals surface area contributed by atoms with E-state index in [2.05, 4.69) is 48.0 Å². The topological polar surface area (TPSA) is 140 Å². The molecule has 0 N–H and O–H groups in total. The number of pyridine rings is 4. The van der Waals surface area contributed by atoms with Crippen molar-refractivity contribution in [1.29, 1.82) is 10.5 Å². The van der Waals surface area contributed by atoms with Crippen molar-refractivity contribution in [3.05, 3.63) is 168 Å². The summed E-state index contributed by atoms with van der Waals surface area (Å²) in [5, 5.41) is 19.4. The lowest BCUT2D eigenvalue weighted by molar-refractivity contribution is 0.0646. The van der Waals surface area contributed by atoms with Crippen LogP contribution in [-0.4, -0.2) is 67.7 Å². The van der Waals surface area contributed by atoms with Gasteiger partial charge in [-0.2, -0.15) is 10.5 Å². The molecule has 10 nitrogen and oxygen atoms in total. The summed E-state index contributed by atoms with van der Waals surface area (Å²) in [6.45, 7) is 2.15. The lowest BCUT2D eigenvalue weighted by atomic mass is 9.75. The van der Waals surface area contributed by atoms with Crippen LogP contribution in [0.4, 0.5) is 8.78 Å². The number of hydrogen-bond acceptors (Lipinski definition) is 8. The van der Waals surface area contributed by atoms with Gasteiger partial charge in [-0.25, -0.2) is 8.78 Å². The first-order valence-electron chi connectivity index (χ1n) is 19.9. The Labute approximate surface area is 377 Å². The summed E-state index contributed by atoms with van der Waals surface area (Å²) in [5.74, 6) is -0.487. The smallest absolute Gasteiger partial charge is 0.256 e. The van der Waals surface area contributed by atoms with Crippen LogP contribution in [0.5, 0.6) is 0 Å². The number of likely N-dealkylation sites (tertiary alicyclic amines) is 2. The summed E-state index contributed by atoms with van der Waals surface area (Å²) >= 11 is 3.17. The number of nitriles is 2. The average molecular weight is 914 g/mol. The van der Waals surface area contributed by atoms with Gasteiger partial charge in [-0.1, -0.05) is 67.2 Å². The van der Waals surface area contributed by atoms with Crippen molar-refractivity contribution in [1.82, 2.24) is 29.7 Å². The van der Waals surface area contributed by atoms with Crippen molar-refractivity contribution in [2.24, 2.45) is 11.3 Å². The van der Waals surface area contributed by atoms with Crippen LogP contribution < -0.4 is 0 Å². The summed E-state index contributed by atoms with van der Waals surface area (Å²) in [5.41, 5.74) is 4.73. The van der Waals surface area contributed by atoms with Gasteiger partial charge in [0, 0.05) is 85.7 Å². The third-order valence-corrected chi connectivity index (χ3v) is 11.4. The van der Waals surface area contributed by atoms with E-state index in [1.165, 1.54) is 12.1 Å². The first-order valence-corrected chi connectivity index (χ1v) is 21.0. The molecule has 324 valence electrons. The molecule has 2 aliphatic heterocycles. The monoisotopic (exact) mass is 912 g/mol. The highest BCUT2D eigenvalue weighted by atomic mass is 79.9. The van der Waals surface area contributed by atoms with E-state index in [0.717, 1.165) is 24.0 Å². The van der Waals surface area contributed by atoms with Crippen molar-refractivity contribution in [2.45, 2.75) is 52.3 Å². The molecule has 4 aromatic heterocycles. The quantitative estimate of drug-likeness (QED) is 0.144. The standard InChI is InChI=1S/C24H21FN4O.C17H16N4O.C7H6BrF.2CH4/c25-21-6-2-1-4-19(21)16-24(17-26)9-14-29(15-10-24)23(30)20-5-3-11-28-22(20)18-7-12-27-13-8-18;18-12-13-5-10-21(11-6-13)17(22)15-2-1-7-20-16(15)14-3-8-19-9-4-14;8-5-6-3-1-2-4-7(6)9;;/h1-8,11-13H,9-10,14-16H2;1-4,7-9,13H,5-6,10-11H2;1-4H,5H2;2*1H4. The SMILES string of the molecule is C.C.Fc1ccccc1CBr.N#CC1(Cc2ccccc2F)CCN(C(=O)c2cccnc2-c2ccncc2)CC1.N#CC1CCN(C(=O)c2cccnc2-c2ccncc2)CC1. The Kier molecular flexibility index (Phi) is 18.7. The summed E-state index contributed by atoms with van der Waals surface area (Å²) < 4.78 is 26.7. The maximum atomic E-state index is 14.1. The van der Waals surface area contributed by atoms with E-state index in [-0.39, 0.29) is 44.2 Å². The van der Waals surface area contributed by atoms with E-state index in [0.29, 0.717) is 84.4 Å². The summed E-state index contributed by atoms with van der Waals surface area (Å²) in [6.07, 6.45) is 12.9. The molecular formula is C50H51BrF2N8O2. The molecule has 6 aromatic rings. The molecule has 63 heavy (non-hydrogen) atoms. The first-order chi connectivity index (χ1) is 29.8. The average Bonchev–Trinajstić information content (AvgIpc) is 3.33. The van der Waals surface area contributed by atoms with Crippen molar-refractivity contribution >= 4 is 27.7 Å². The number of hydrogen-bond donors (Lipinski definition) is 0. The van der Waals surface area contributed by atoms with Gasteiger partial charge < -0.3 is 9.80 Å². The number of carbonyl (C=O) groups is 2. The highest BCUT2D eigenvalue weighted by Crippen LogP contribution is 2.36. The van der Waals surface area contributed by atoms with E-state index in [1.54, 1.807) is 90.6 Å². The largest absolute Gasteiger partial charge is 0.338 e. The maximum absolute atomic E-state index is 14.1. The van der Waals surface area contributed by atoms with Gasteiger partial charge >= 0.3 is 0 Å². The molecule has 0 bridgehead atoms. The predicted octanol–water partition coefficient (Wildman–Crippen LogP) is 10.8. The van der Waals surface area contributed by atoms with Gasteiger partial charge in [0.15, 0.2) is 0 Å². The summed E-state index contributed by atoms with van der Waals surface area (Å²) in [6, 6.07) is 32.4. The van der Waals surface area contributed by atoms with Gasteiger partial charge in [-0.3, -0.25) is 29.5 Å². The molecule has 2 amide bonds. The Hall–Kier alpha value is -6.70. The number of piperidine rings is 2. The van der Waals surface area contributed by atoms with E-state index in [9.17, 15) is 23.6 Å². The lowest BCUT2D eigenvalue weighted by Crippen LogP contribution is -2.43. The third kappa shape index (κ3) is 12.7. The third-order valence-electron chi connectivity index (χ3n) is 10.8. The second-order valence-electron chi connectivity index (χ2n) is 14.6. The Balaban J connectivity index is 0.000000231. The van der Waals surface area contributed by atoms with Crippen LogP contribution in [0.1, 0.15) is 72.4 Å². The number of carbonyl (C=O) groups excluding carboxylic acids is 2. The Morgan fingerprint density at radius 3 is 1.49 bits per heavy atom. The minimum absolute atomic E-state index is 0. The maximum Gasteiger partial charge on any atom is 0.256 e. The molecule has 0 radical (unpaired) electrons. The highest BCUT2D eigenvalue weighted by Gasteiger charge is 2.37. The summed E-state index contributed by atoms with van der Waals surface area (Å²) in [7, 11) is 0.